The maximum absolute atomic E-state index is 12.4. The number of rotatable bonds is 6. The lowest BCUT2D eigenvalue weighted by Gasteiger charge is -2.11. The summed E-state index contributed by atoms with van der Waals surface area (Å²) in [5.74, 6) is -1.12. The molecule has 2 aromatic rings. The highest BCUT2D eigenvalue weighted by Gasteiger charge is 2.19. The molecule has 0 saturated carbocycles. The molecule has 0 atom stereocenters. The summed E-state index contributed by atoms with van der Waals surface area (Å²) in [5.41, 5.74) is 1.21. The number of ether oxygens (including phenoxy) is 1. The Labute approximate surface area is 134 Å². The van der Waals surface area contributed by atoms with Gasteiger partial charge >= 0.3 is 5.97 Å². The fourth-order valence-electron chi connectivity index (χ4n) is 1.96. The van der Waals surface area contributed by atoms with Crippen molar-refractivity contribution in [2.45, 2.75) is 18.7 Å². The third kappa shape index (κ3) is 4.01. The molecule has 0 aliphatic rings. The highest BCUT2D eigenvalue weighted by Crippen LogP contribution is 2.24. The third-order valence-corrected chi connectivity index (χ3v) is 4.47. The second-order valence-corrected chi connectivity index (χ2v) is 6.55. The number of hydrogen-bond donors (Lipinski definition) is 2. The van der Waals surface area contributed by atoms with E-state index in [0.717, 1.165) is 11.6 Å². The number of carboxylic acid groups (broad SMARTS) is 1. The Bertz CT molecular complexity index is 813. The molecule has 0 unspecified atom stereocenters. The summed E-state index contributed by atoms with van der Waals surface area (Å²) in [6.45, 7) is 3.90. The van der Waals surface area contributed by atoms with Gasteiger partial charge in [0.15, 0.2) is 0 Å². The van der Waals surface area contributed by atoms with E-state index in [2.05, 4.69) is 4.72 Å². The van der Waals surface area contributed by atoms with E-state index in [-0.39, 0.29) is 22.8 Å². The van der Waals surface area contributed by atoms with Gasteiger partial charge in [-0.15, -0.1) is 0 Å². The van der Waals surface area contributed by atoms with Gasteiger partial charge in [0.2, 0.25) is 0 Å². The van der Waals surface area contributed by atoms with E-state index in [4.69, 9.17) is 4.74 Å². The molecule has 2 rings (SSSR count). The molecule has 0 aliphatic heterocycles. The van der Waals surface area contributed by atoms with Gasteiger partial charge in [0.05, 0.1) is 11.5 Å². The lowest BCUT2D eigenvalue weighted by molar-refractivity contribution is 0.0692. The number of sulfonamides is 1. The van der Waals surface area contributed by atoms with Gasteiger partial charge in [-0.25, -0.2) is 13.2 Å². The number of benzene rings is 2. The molecule has 0 aliphatic carbocycles. The number of carboxylic acids is 1. The fraction of sp³-hybridized carbons (Fsp3) is 0.188. The average molecular weight is 335 g/mol. The first-order valence-electron chi connectivity index (χ1n) is 6.93. The molecule has 2 aromatic carbocycles. The third-order valence-electron chi connectivity index (χ3n) is 3.10. The summed E-state index contributed by atoms with van der Waals surface area (Å²) < 4.78 is 32.4. The molecule has 23 heavy (non-hydrogen) atoms. The van der Waals surface area contributed by atoms with E-state index in [1.165, 1.54) is 12.1 Å². The minimum absolute atomic E-state index is 0.134. The quantitative estimate of drug-likeness (QED) is 0.847. The van der Waals surface area contributed by atoms with Crippen LogP contribution in [0.15, 0.2) is 47.4 Å². The van der Waals surface area contributed by atoms with Crippen LogP contribution in [0.4, 0.5) is 5.69 Å². The molecule has 0 aromatic heterocycles. The lowest BCUT2D eigenvalue weighted by Crippen LogP contribution is -2.14. The molecule has 0 saturated heterocycles. The standard InChI is InChI=1S/C16H17NO5S/c1-3-22-15-9-8-13(10-14(15)16(18)19)23(20,21)17-12-6-4-11(2)5-7-12/h4-10,17H,3H2,1-2H3,(H,18,19). The summed E-state index contributed by atoms with van der Waals surface area (Å²) in [7, 11) is -3.88. The SMILES string of the molecule is CCOc1ccc(S(=O)(=O)Nc2ccc(C)cc2)cc1C(=O)O. The Morgan fingerprint density at radius 2 is 1.83 bits per heavy atom. The lowest BCUT2D eigenvalue weighted by atomic mass is 10.2. The summed E-state index contributed by atoms with van der Waals surface area (Å²) in [5, 5.41) is 9.21. The molecular formula is C16H17NO5S. The number of hydrogen-bond acceptors (Lipinski definition) is 4. The van der Waals surface area contributed by atoms with Crippen molar-refractivity contribution in [1.29, 1.82) is 0 Å². The summed E-state index contributed by atoms with van der Waals surface area (Å²) >= 11 is 0. The number of aryl methyl sites for hydroxylation is 1. The summed E-state index contributed by atoms with van der Waals surface area (Å²) in [4.78, 5) is 11.1. The van der Waals surface area contributed by atoms with Crippen molar-refractivity contribution in [3.63, 3.8) is 0 Å². The Morgan fingerprint density at radius 1 is 1.17 bits per heavy atom. The van der Waals surface area contributed by atoms with Crippen molar-refractivity contribution >= 4 is 21.7 Å². The zero-order chi connectivity index (χ0) is 17.0. The number of aromatic carboxylic acids is 1. The highest BCUT2D eigenvalue weighted by atomic mass is 32.2. The van der Waals surface area contributed by atoms with Gasteiger partial charge in [-0.3, -0.25) is 4.72 Å². The fourth-order valence-corrected chi connectivity index (χ4v) is 3.04. The van der Waals surface area contributed by atoms with E-state index in [9.17, 15) is 18.3 Å². The van der Waals surface area contributed by atoms with Crippen LogP contribution in [0.3, 0.4) is 0 Å². The molecule has 7 heteroatoms. The molecule has 6 nitrogen and oxygen atoms in total. The monoisotopic (exact) mass is 335 g/mol. The van der Waals surface area contributed by atoms with E-state index >= 15 is 0 Å². The van der Waals surface area contributed by atoms with Crippen LogP contribution in [0, 0.1) is 6.92 Å². The number of carbonyl (C=O) groups is 1. The van der Waals surface area contributed by atoms with E-state index < -0.39 is 16.0 Å². The number of anilines is 1. The molecule has 0 heterocycles. The Kier molecular flexibility index (Phi) is 4.90. The molecule has 0 radical (unpaired) electrons. The van der Waals surface area contributed by atoms with Crippen LogP contribution in [0.5, 0.6) is 5.75 Å². The molecule has 122 valence electrons. The van der Waals surface area contributed by atoms with Gasteiger partial charge < -0.3 is 9.84 Å². The predicted molar refractivity (Wildman–Crippen MR) is 86.6 cm³/mol. The first-order chi connectivity index (χ1) is 10.8. The zero-order valence-electron chi connectivity index (χ0n) is 12.7. The summed E-state index contributed by atoms with van der Waals surface area (Å²) in [6, 6.07) is 10.6. The van der Waals surface area contributed by atoms with Crippen LogP contribution < -0.4 is 9.46 Å². The normalized spacial score (nSPS) is 11.0. The molecule has 0 bridgehead atoms. The second-order valence-electron chi connectivity index (χ2n) is 4.87. The van der Waals surface area contributed by atoms with Crippen LogP contribution in [0.1, 0.15) is 22.8 Å². The molecule has 2 N–H and O–H groups in total. The molecule has 0 spiro atoms. The molecule has 0 amide bonds. The predicted octanol–water partition coefficient (Wildman–Crippen LogP) is 2.89. The van der Waals surface area contributed by atoms with Crippen molar-refractivity contribution in [2.75, 3.05) is 11.3 Å². The zero-order valence-corrected chi connectivity index (χ0v) is 13.6. The Hall–Kier alpha value is -2.54. The maximum Gasteiger partial charge on any atom is 0.339 e. The first kappa shape index (κ1) is 16.8. The van der Waals surface area contributed by atoms with Gasteiger partial charge in [-0.1, -0.05) is 17.7 Å². The van der Waals surface area contributed by atoms with Crippen molar-refractivity contribution in [3.05, 3.63) is 53.6 Å². The maximum atomic E-state index is 12.4. The highest BCUT2D eigenvalue weighted by molar-refractivity contribution is 7.92. The average Bonchev–Trinajstić information content (AvgIpc) is 2.49. The van der Waals surface area contributed by atoms with Crippen LogP contribution in [-0.2, 0) is 10.0 Å². The van der Waals surface area contributed by atoms with Crippen molar-refractivity contribution < 1.29 is 23.1 Å². The van der Waals surface area contributed by atoms with E-state index in [1.807, 2.05) is 6.92 Å². The smallest absolute Gasteiger partial charge is 0.339 e. The van der Waals surface area contributed by atoms with Gasteiger partial charge in [0.25, 0.3) is 10.0 Å². The molecule has 0 fully saturated rings. The van der Waals surface area contributed by atoms with E-state index in [1.54, 1.807) is 31.2 Å². The minimum Gasteiger partial charge on any atom is -0.493 e. The van der Waals surface area contributed by atoms with Crippen molar-refractivity contribution in [1.82, 2.24) is 0 Å². The minimum atomic E-state index is -3.88. The van der Waals surface area contributed by atoms with Gasteiger partial charge in [-0.2, -0.15) is 0 Å². The van der Waals surface area contributed by atoms with Crippen LogP contribution in [0.2, 0.25) is 0 Å². The Morgan fingerprint density at radius 3 is 2.39 bits per heavy atom. The van der Waals surface area contributed by atoms with Gasteiger partial charge in [0, 0.05) is 5.69 Å². The number of nitrogens with one attached hydrogen (secondary N) is 1. The van der Waals surface area contributed by atoms with Gasteiger partial charge in [0.1, 0.15) is 11.3 Å². The van der Waals surface area contributed by atoms with Crippen LogP contribution in [0.25, 0.3) is 0 Å². The van der Waals surface area contributed by atoms with Crippen molar-refractivity contribution in [2.24, 2.45) is 0 Å². The Balaban J connectivity index is 2.37. The summed E-state index contributed by atoms with van der Waals surface area (Å²) in [6.07, 6.45) is 0. The van der Waals surface area contributed by atoms with Crippen LogP contribution >= 0.6 is 0 Å². The van der Waals surface area contributed by atoms with Crippen LogP contribution in [-0.4, -0.2) is 26.1 Å². The largest absolute Gasteiger partial charge is 0.493 e. The first-order valence-corrected chi connectivity index (χ1v) is 8.41. The second kappa shape index (κ2) is 6.70. The molecular weight excluding hydrogens is 318 g/mol. The van der Waals surface area contributed by atoms with Crippen molar-refractivity contribution in [3.8, 4) is 5.75 Å². The topological polar surface area (TPSA) is 92.7 Å². The van der Waals surface area contributed by atoms with E-state index in [0.29, 0.717) is 5.69 Å². The van der Waals surface area contributed by atoms with Gasteiger partial charge in [-0.05, 0) is 44.2 Å².